The Kier molecular flexibility index (Phi) is 6.40. The molecule has 1 aliphatic rings. The van der Waals surface area contributed by atoms with Crippen LogP contribution in [0.1, 0.15) is 38.3 Å². The average Bonchev–Trinajstić information content (AvgIpc) is 2.85. The maximum Gasteiger partial charge on any atom is 0.243 e. The highest BCUT2D eigenvalue weighted by Gasteiger charge is 2.31. The predicted molar refractivity (Wildman–Crippen MR) is 127 cm³/mol. The lowest BCUT2D eigenvalue weighted by atomic mass is 9.83. The molecule has 0 atom stereocenters. The number of ketones is 2. The summed E-state index contributed by atoms with van der Waals surface area (Å²) < 4.78 is 5.17. The fourth-order valence-corrected chi connectivity index (χ4v) is 3.95. The van der Waals surface area contributed by atoms with E-state index in [-0.39, 0.29) is 47.9 Å². The first-order chi connectivity index (χ1) is 16.4. The summed E-state index contributed by atoms with van der Waals surface area (Å²) in [4.78, 5) is 52.1. The van der Waals surface area contributed by atoms with Gasteiger partial charge in [-0.1, -0.05) is 36.4 Å². The van der Waals surface area contributed by atoms with Crippen LogP contribution in [0.5, 0.6) is 5.75 Å². The summed E-state index contributed by atoms with van der Waals surface area (Å²) in [6.07, 6.45) is 0.0593. The molecule has 3 aromatic carbocycles. The van der Waals surface area contributed by atoms with Gasteiger partial charge >= 0.3 is 0 Å². The van der Waals surface area contributed by atoms with Crippen molar-refractivity contribution in [3.05, 3.63) is 89.0 Å². The van der Waals surface area contributed by atoms with Gasteiger partial charge in [-0.2, -0.15) is 0 Å². The molecule has 0 fully saturated rings. The zero-order valence-corrected chi connectivity index (χ0v) is 18.5. The zero-order valence-electron chi connectivity index (χ0n) is 18.5. The first-order valence-electron chi connectivity index (χ1n) is 10.7. The van der Waals surface area contributed by atoms with E-state index in [1.54, 1.807) is 78.7 Å². The number of primary amides is 1. The summed E-state index contributed by atoms with van der Waals surface area (Å²) in [5, 5.41) is 2.77. The van der Waals surface area contributed by atoms with Crippen molar-refractivity contribution in [1.29, 1.82) is 0 Å². The number of anilines is 2. The quantitative estimate of drug-likeness (QED) is 0.420. The summed E-state index contributed by atoms with van der Waals surface area (Å²) in [6.45, 7) is 0.134. The minimum absolute atomic E-state index is 0.0593. The largest absolute Gasteiger partial charge is 0.497 e. The smallest absolute Gasteiger partial charge is 0.243 e. The summed E-state index contributed by atoms with van der Waals surface area (Å²) in [6, 6.07) is 18.5. The third-order valence-corrected chi connectivity index (χ3v) is 5.63. The minimum Gasteiger partial charge on any atom is -0.497 e. The van der Waals surface area contributed by atoms with E-state index in [0.29, 0.717) is 22.6 Å². The van der Waals surface area contributed by atoms with Crippen molar-refractivity contribution in [1.82, 2.24) is 0 Å². The highest BCUT2D eigenvalue weighted by atomic mass is 16.5. The van der Waals surface area contributed by atoms with Crippen LogP contribution in [0, 0.1) is 0 Å². The molecule has 3 N–H and O–H groups in total. The number of hydrogen-bond acceptors (Lipinski definition) is 6. The summed E-state index contributed by atoms with van der Waals surface area (Å²) in [7, 11) is 1.55. The van der Waals surface area contributed by atoms with Crippen LogP contribution in [-0.4, -0.2) is 43.6 Å². The first kappa shape index (κ1) is 22.7. The van der Waals surface area contributed by atoms with Gasteiger partial charge < -0.3 is 20.7 Å². The van der Waals surface area contributed by atoms with E-state index in [0.717, 1.165) is 0 Å². The Labute approximate surface area is 196 Å². The zero-order chi connectivity index (χ0) is 24.2. The number of benzene rings is 3. The van der Waals surface area contributed by atoms with Crippen molar-refractivity contribution < 1.29 is 23.9 Å². The molecule has 172 valence electrons. The number of ether oxygens (including phenoxy) is 1. The van der Waals surface area contributed by atoms with Gasteiger partial charge in [0.2, 0.25) is 11.8 Å². The Hall–Kier alpha value is -4.46. The van der Waals surface area contributed by atoms with E-state index in [1.165, 1.54) is 0 Å². The van der Waals surface area contributed by atoms with Crippen LogP contribution < -0.4 is 20.7 Å². The fourth-order valence-electron chi connectivity index (χ4n) is 3.95. The van der Waals surface area contributed by atoms with Crippen LogP contribution in [0.4, 0.5) is 11.4 Å². The molecule has 1 aliphatic carbocycles. The van der Waals surface area contributed by atoms with Gasteiger partial charge in [0.15, 0.2) is 11.6 Å². The molecule has 0 bridgehead atoms. The number of methoxy groups -OCH3 is 1. The lowest BCUT2D eigenvalue weighted by Crippen LogP contribution is -2.36. The molecule has 8 nitrogen and oxygen atoms in total. The summed E-state index contributed by atoms with van der Waals surface area (Å²) in [5.74, 6) is -0.821. The second kappa shape index (κ2) is 9.58. The number of rotatable bonds is 8. The molecular weight excluding hydrogens is 434 g/mol. The Bertz CT molecular complexity index is 1280. The Balaban J connectivity index is 1.58. The summed E-state index contributed by atoms with van der Waals surface area (Å²) >= 11 is 0. The molecule has 2 amide bonds. The molecule has 0 unspecified atom stereocenters. The first-order valence-corrected chi connectivity index (χ1v) is 10.7. The predicted octanol–water partition coefficient (Wildman–Crippen LogP) is 2.79. The minimum atomic E-state index is -0.487. The monoisotopic (exact) mass is 457 g/mol. The van der Waals surface area contributed by atoms with E-state index in [1.807, 2.05) is 0 Å². The van der Waals surface area contributed by atoms with Crippen LogP contribution in [0.2, 0.25) is 0 Å². The third-order valence-electron chi connectivity index (χ3n) is 5.63. The highest BCUT2D eigenvalue weighted by Crippen LogP contribution is 2.32. The second-order valence-electron chi connectivity index (χ2n) is 7.82. The van der Waals surface area contributed by atoms with Crippen LogP contribution in [-0.2, 0) is 9.59 Å². The number of amides is 2. The molecular formula is C26H23N3O5. The molecule has 3 aromatic rings. The van der Waals surface area contributed by atoms with Crippen molar-refractivity contribution in [2.24, 2.45) is 5.73 Å². The van der Waals surface area contributed by atoms with Gasteiger partial charge in [-0.25, -0.2) is 0 Å². The van der Waals surface area contributed by atoms with Crippen LogP contribution >= 0.6 is 0 Å². The summed E-state index contributed by atoms with van der Waals surface area (Å²) in [5.41, 5.74) is 7.35. The average molecular weight is 457 g/mol. The molecule has 8 heteroatoms. The van der Waals surface area contributed by atoms with Gasteiger partial charge in [-0.15, -0.1) is 0 Å². The van der Waals surface area contributed by atoms with E-state index in [2.05, 4.69) is 5.32 Å². The molecule has 34 heavy (non-hydrogen) atoms. The van der Waals surface area contributed by atoms with E-state index >= 15 is 0 Å². The van der Waals surface area contributed by atoms with Crippen molar-refractivity contribution in [3.8, 4) is 5.75 Å². The number of fused-ring (bicyclic) bond motifs is 2. The van der Waals surface area contributed by atoms with Gasteiger partial charge in [0.25, 0.3) is 0 Å². The Morgan fingerprint density at radius 2 is 1.53 bits per heavy atom. The van der Waals surface area contributed by atoms with Crippen LogP contribution in [0.25, 0.3) is 0 Å². The molecule has 0 saturated carbocycles. The topological polar surface area (TPSA) is 119 Å². The number of nitrogens with one attached hydrogen (secondary N) is 1. The van der Waals surface area contributed by atoms with Crippen LogP contribution in [0.15, 0.2) is 66.7 Å². The Morgan fingerprint density at radius 1 is 0.882 bits per heavy atom. The van der Waals surface area contributed by atoms with Crippen LogP contribution in [0.3, 0.4) is 0 Å². The van der Waals surface area contributed by atoms with E-state index in [4.69, 9.17) is 10.5 Å². The molecule has 0 heterocycles. The van der Waals surface area contributed by atoms with Gasteiger partial charge in [0.05, 0.1) is 24.9 Å². The van der Waals surface area contributed by atoms with Gasteiger partial charge in [0.1, 0.15) is 5.75 Å². The molecule has 0 aromatic heterocycles. The van der Waals surface area contributed by atoms with Gasteiger partial charge in [-0.3, -0.25) is 19.2 Å². The third kappa shape index (κ3) is 4.52. The molecule has 0 spiro atoms. The van der Waals surface area contributed by atoms with Crippen molar-refractivity contribution in [2.75, 3.05) is 30.4 Å². The SMILES string of the molecule is COc1ccc(N(CCC(N)=O)CC(=O)Nc2cccc3c2C(=O)c2ccccc2C3=O)cc1. The maximum atomic E-state index is 13.2. The van der Waals surface area contributed by atoms with Crippen molar-refractivity contribution >= 4 is 34.8 Å². The second-order valence-corrected chi connectivity index (χ2v) is 7.82. The molecule has 4 rings (SSSR count). The number of nitrogens with two attached hydrogens (primary N) is 1. The highest BCUT2D eigenvalue weighted by molar-refractivity contribution is 6.30. The fraction of sp³-hybridized carbons (Fsp3) is 0.154. The van der Waals surface area contributed by atoms with Gasteiger partial charge in [0, 0.05) is 35.3 Å². The molecule has 0 saturated heterocycles. The number of nitrogens with zero attached hydrogens (tertiary/aromatic N) is 1. The lowest BCUT2D eigenvalue weighted by molar-refractivity contribution is -0.118. The number of carbonyl (C=O) groups is 4. The molecule has 0 radical (unpaired) electrons. The standard InChI is InChI=1S/C26H23N3O5/c1-34-17-11-9-16(10-12-17)29(14-13-22(27)30)15-23(31)28-21-8-4-7-20-24(21)26(33)19-6-3-2-5-18(19)25(20)32/h2-12H,13-15H2,1H3,(H2,27,30)(H,28,31). The lowest BCUT2D eigenvalue weighted by Gasteiger charge is -2.25. The van der Waals surface area contributed by atoms with E-state index in [9.17, 15) is 19.2 Å². The van der Waals surface area contributed by atoms with Gasteiger partial charge in [-0.05, 0) is 30.3 Å². The Morgan fingerprint density at radius 3 is 2.18 bits per heavy atom. The van der Waals surface area contributed by atoms with E-state index < -0.39 is 11.8 Å². The number of carbonyl (C=O) groups excluding carboxylic acids is 4. The van der Waals surface area contributed by atoms with Crippen molar-refractivity contribution in [2.45, 2.75) is 6.42 Å². The van der Waals surface area contributed by atoms with Crippen molar-refractivity contribution in [3.63, 3.8) is 0 Å². The maximum absolute atomic E-state index is 13.2. The number of hydrogen-bond donors (Lipinski definition) is 2. The normalized spacial score (nSPS) is 11.9. The molecule has 0 aliphatic heterocycles.